The molecule has 3 aromatic rings. The third kappa shape index (κ3) is 3.39. The lowest BCUT2D eigenvalue weighted by Crippen LogP contribution is -2.51. The Labute approximate surface area is 172 Å². The number of hydrogen-bond donors (Lipinski definition) is 1. The molecule has 2 saturated heterocycles. The van der Waals surface area contributed by atoms with Crippen molar-refractivity contribution in [2.75, 3.05) is 24.6 Å². The second kappa shape index (κ2) is 7.21. The van der Waals surface area contributed by atoms with E-state index in [0.29, 0.717) is 11.1 Å². The molecular formula is C20H22N4O5S. The largest absolute Gasteiger partial charge is 0.448 e. The number of sulfone groups is 1. The normalized spacial score (nSPS) is 24.0. The summed E-state index contributed by atoms with van der Waals surface area (Å²) in [6.45, 7) is 1.44. The van der Waals surface area contributed by atoms with Crippen LogP contribution in [0.15, 0.2) is 39.8 Å². The molecule has 10 heteroatoms. The Morgan fingerprint density at radius 2 is 1.97 bits per heavy atom. The Morgan fingerprint density at radius 1 is 1.20 bits per heavy atom. The zero-order valence-corrected chi connectivity index (χ0v) is 17.1. The van der Waals surface area contributed by atoms with Crippen LogP contribution in [-0.4, -0.2) is 65.5 Å². The Hall–Kier alpha value is -2.72. The van der Waals surface area contributed by atoms with Crippen LogP contribution in [0.2, 0.25) is 0 Å². The molecule has 0 bridgehead atoms. The zero-order chi connectivity index (χ0) is 20.9. The molecule has 1 N–H and O–H groups in total. The number of carbonyl (C=O) groups is 1. The molecule has 0 aliphatic carbocycles. The minimum absolute atomic E-state index is 0.0599. The Kier molecular flexibility index (Phi) is 4.62. The van der Waals surface area contributed by atoms with Gasteiger partial charge in [-0.1, -0.05) is 12.1 Å². The van der Waals surface area contributed by atoms with E-state index in [0.717, 1.165) is 31.3 Å². The smallest absolute Gasteiger partial charge is 0.297 e. The minimum atomic E-state index is -3.20. The first-order valence-corrected chi connectivity index (χ1v) is 11.8. The lowest BCUT2D eigenvalue weighted by molar-refractivity contribution is -0.122. The summed E-state index contributed by atoms with van der Waals surface area (Å²) in [5.41, 5.74) is 0.679. The molecular weight excluding hydrogens is 408 g/mol. The van der Waals surface area contributed by atoms with Crippen molar-refractivity contribution in [3.63, 3.8) is 0 Å². The molecule has 158 valence electrons. The third-order valence-corrected chi connectivity index (χ3v) is 7.66. The standard InChI is InChI=1S/C20H22N4O5S/c25-17(22-14-10-30(27,28)11-15(14)23-7-3-4-8-23)9-24-12-21-18-13-5-1-2-6-16(13)29-19(18)20(24)26/h1-2,5-6,12,14-15H,3-4,7-11H2,(H,22,25). The first-order chi connectivity index (χ1) is 14.4. The molecule has 0 spiro atoms. The minimum Gasteiger partial charge on any atom is -0.448 e. The van der Waals surface area contributed by atoms with Crippen LogP contribution in [0.5, 0.6) is 0 Å². The van der Waals surface area contributed by atoms with E-state index in [1.807, 2.05) is 18.2 Å². The van der Waals surface area contributed by atoms with Gasteiger partial charge in [-0.3, -0.25) is 19.1 Å². The summed E-state index contributed by atoms with van der Waals surface area (Å²) in [7, 11) is -3.20. The van der Waals surface area contributed by atoms with Gasteiger partial charge in [0.25, 0.3) is 5.56 Å². The number of aromatic nitrogens is 2. The Bertz CT molecular complexity index is 1290. The second-order valence-corrected chi connectivity index (χ2v) is 10.2. The SMILES string of the molecule is O=C(Cn1cnc2c(oc3ccccc32)c1=O)NC1CS(=O)(=O)CC1N1CCCC1. The van der Waals surface area contributed by atoms with Gasteiger partial charge in [0.2, 0.25) is 11.5 Å². The first-order valence-electron chi connectivity index (χ1n) is 10.0. The average molecular weight is 430 g/mol. The van der Waals surface area contributed by atoms with Gasteiger partial charge in [-0.15, -0.1) is 0 Å². The number of hydrogen-bond acceptors (Lipinski definition) is 7. The maximum atomic E-state index is 12.8. The van der Waals surface area contributed by atoms with Gasteiger partial charge in [-0.25, -0.2) is 13.4 Å². The van der Waals surface area contributed by atoms with Gasteiger partial charge >= 0.3 is 0 Å². The number of para-hydroxylation sites is 1. The van der Waals surface area contributed by atoms with E-state index in [4.69, 9.17) is 4.42 Å². The van der Waals surface area contributed by atoms with E-state index in [9.17, 15) is 18.0 Å². The van der Waals surface area contributed by atoms with E-state index in [1.165, 1.54) is 10.9 Å². The van der Waals surface area contributed by atoms with E-state index in [-0.39, 0.29) is 29.7 Å². The molecule has 2 aromatic heterocycles. The van der Waals surface area contributed by atoms with E-state index in [2.05, 4.69) is 15.2 Å². The Balaban J connectivity index is 1.37. The van der Waals surface area contributed by atoms with Crippen LogP contribution in [0.1, 0.15) is 12.8 Å². The van der Waals surface area contributed by atoms with Gasteiger partial charge < -0.3 is 9.73 Å². The molecule has 1 aromatic carbocycles. The van der Waals surface area contributed by atoms with Crippen LogP contribution in [0.25, 0.3) is 22.1 Å². The summed E-state index contributed by atoms with van der Waals surface area (Å²) in [5, 5.41) is 3.58. The number of rotatable bonds is 4. The highest BCUT2D eigenvalue weighted by molar-refractivity contribution is 7.91. The zero-order valence-electron chi connectivity index (χ0n) is 16.3. The topological polar surface area (TPSA) is 115 Å². The van der Waals surface area contributed by atoms with Gasteiger partial charge in [0.05, 0.1) is 23.9 Å². The Morgan fingerprint density at radius 3 is 2.77 bits per heavy atom. The molecule has 1 amide bonds. The van der Waals surface area contributed by atoms with Crippen molar-refractivity contribution in [2.45, 2.75) is 31.5 Å². The molecule has 5 rings (SSSR count). The van der Waals surface area contributed by atoms with Gasteiger partial charge in [0, 0.05) is 11.4 Å². The molecule has 30 heavy (non-hydrogen) atoms. The molecule has 2 aliphatic heterocycles. The van der Waals surface area contributed by atoms with Crippen LogP contribution in [-0.2, 0) is 21.2 Å². The summed E-state index contributed by atoms with van der Waals surface area (Å²) in [4.78, 5) is 31.9. The number of nitrogens with zero attached hydrogens (tertiary/aromatic N) is 3. The highest BCUT2D eigenvalue weighted by atomic mass is 32.2. The summed E-state index contributed by atoms with van der Waals surface area (Å²) in [6.07, 6.45) is 3.40. The maximum Gasteiger partial charge on any atom is 0.297 e. The summed E-state index contributed by atoms with van der Waals surface area (Å²) in [6, 6.07) is 6.54. The molecule has 2 unspecified atom stereocenters. The highest BCUT2D eigenvalue weighted by Gasteiger charge is 2.42. The number of furan rings is 1. The van der Waals surface area contributed by atoms with Crippen LogP contribution < -0.4 is 10.9 Å². The number of fused-ring (bicyclic) bond motifs is 3. The predicted octanol–water partition coefficient (Wildman–Crippen LogP) is 0.520. The molecule has 4 heterocycles. The van der Waals surface area contributed by atoms with Gasteiger partial charge in [-0.2, -0.15) is 0 Å². The lowest BCUT2D eigenvalue weighted by Gasteiger charge is -2.28. The number of amides is 1. The highest BCUT2D eigenvalue weighted by Crippen LogP contribution is 2.24. The molecule has 2 fully saturated rings. The monoisotopic (exact) mass is 430 g/mol. The van der Waals surface area contributed by atoms with Crippen LogP contribution >= 0.6 is 0 Å². The van der Waals surface area contributed by atoms with Crippen LogP contribution in [0, 0.1) is 0 Å². The average Bonchev–Trinajstić information content (AvgIpc) is 3.41. The number of carbonyl (C=O) groups excluding carboxylic acids is 1. The van der Waals surface area contributed by atoms with Crippen LogP contribution in [0.3, 0.4) is 0 Å². The van der Waals surface area contributed by atoms with Crippen LogP contribution in [0.4, 0.5) is 0 Å². The molecule has 2 atom stereocenters. The third-order valence-electron chi connectivity index (χ3n) is 5.94. The predicted molar refractivity (Wildman–Crippen MR) is 111 cm³/mol. The fourth-order valence-electron chi connectivity index (χ4n) is 4.54. The van der Waals surface area contributed by atoms with Crippen molar-refractivity contribution < 1.29 is 17.6 Å². The van der Waals surface area contributed by atoms with Crippen molar-refractivity contribution in [2.24, 2.45) is 0 Å². The van der Waals surface area contributed by atoms with Gasteiger partial charge in [0.15, 0.2) is 9.84 Å². The second-order valence-electron chi connectivity index (χ2n) is 8.01. The lowest BCUT2D eigenvalue weighted by atomic mass is 10.1. The van der Waals surface area contributed by atoms with Crippen molar-refractivity contribution in [1.82, 2.24) is 19.8 Å². The summed E-state index contributed by atoms with van der Waals surface area (Å²) >= 11 is 0. The van der Waals surface area contributed by atoms with Crippen molar-refractivity contribution in [3.8, 4) is 0 Å². The van der Waals surface area contributed by atoms with Crippen molar-refractivity contribution in [3.05, 3.63) is 40.9 Å². The van der Waals surface area contributed by atoms with E-state index in [1.54, 1.807) is 6.07 Å². The fraction of sp³-hybridized carbons (Fsp3) is 0.450. The fourth-order valence-corrected chi connectivity index (χ4v) is 6.49. The van der Waals surface area contributed by atoms with E-state index < -0.39 is 27.3 Å². The quantitative estimate of drug-likeness (QED) is 0.642. The van der Waals surface area contributed by atoms with Crippen molar-refractivity contribution in [1.29, 1.82) is 0 Å². The number of nitrogens with one attached hydrogen (secondary N) is 1. The molecule has 2 aliphatic rings. The summed E-state index contributed by atoms with van der Waals surface area (Å²) < 4.78 is 31.2. The number of benzene rings is 1. The molecule has 0 radical (unpaired) electrons. The van der Waals surface area contributed by atoms with Gasteiger partial charge in [0.1, 0.15) is 17.6 Å². The maximum absolute atomic E-state index is 12.8. The van der Waals surface area contributed by atoms with Gasteiger partial charge in [-0.05, 0) is 38.1 Å². The molecule has 0 saturated carbocycles. The van der Waals surface area contributed by atoms with Crippen molar-refractivity contribution >= 4 is 37.8 Å². The number of likely N-dealkylation sites (tertiary alicyclic amines) is 1. The van der Waals surface area contributed by atoms with E-state index >= 15 is 0 Å². The first kappa shape index (κ1) is 19.3. The summed E-state index contributed by atoms with van der Waals surface area (Å²) in [5.74, 6) is -0.430. The molecule has 9 nitrogen and oxygen atoms in total.